The van der Waals surface area contributed by atoms with Crippen LogP contribution in [0, 0.1) is 41.5 Å². The van der Waals surface area contributed by atoms with Gasteiger partial charge in [-0.05, 0) is 99.7 Å². The molecule has 8 heteroatoms. The number of aromatic nitrogens is 1. The zero-order valence-electron chi connectivity index (χ0n) is 24.1. The molecule has 0 aliphatic carbocycles. The van der Waals surface area contributed by atoms with E-state index in [1.807, 2.05) is 39.0 Å². The maximum absolute atomic E-state index is 12.8. The van der Waals surface area contributed by atoms with E-state index in [1.165, 1.54) is 21.7 Å². The van der Waals surface area contributed by atoms with Crippen LogP contribution in [0.3, 0.4) is 0 Å². The number of nitrogens with one attached hydrogen (secondary N) is 1. The van der Waals surface area contributed by atoms with Crippen molar-refractivity contribution in [3.8, 4) is 5.69 Å². The van der Waals surface area contributed by atoms with Gasteiger partial charge < -0.3 is 4.57 Å². The summed E-state index contributed by atoms with van der Waals surface area (Å²) in [6, 6.07) is 20.8. The summed E-state index contributed by atoms with van der Waals surface area (Å²) < 4.78 is 28.7. The molecule has 0 aliphatic rings. The minimum absolute atomic E-state index is 0.164. The Morgan fingerprint density at radius 1 is 0.875 bits per heavy atom. The van der Waals surface area contributed by atoms with Gasteiger partial charge in [-0.1, -0.05) is 36.4 Å². The topological polar surface area (TPSA) is 83.8 Å². The summed E-state index contributed by atoms with van der Waals surface area (Å²) in [5.74, 6) is -0.347. The predicted octanol–water partition coefficient (Wildman–Crippen LogP) is 6.06. The number of aryl methyl sites for hydroxylation is 5. The summed E-state index contributed by atoms with van der Waals surface area (Å²) in [6.45, 7) is 12.4. The molecule has 0 saturated heterocycles. The number of nitrogens with zero attached hydrogens (tertiary/aromatic N) is 3. The Kier molecular flexibility index (Phi) is 8.30. The summed E-state index contributed by atoms with van der Waals surface area (Å²) in [5, 5.41) is 4.20. The largest absolute Gasteiger partial charge is 0.317 e. The standard InChI is InChI=1S/C32H36N4O3S/c1-21-11-16-30(17-24(21)4)35(40(7,38)39)20-27-12-14-28(15-13-27)32(37)34-33-19-29-18-25(5)36(26(29)6)31-22(2)9-8-10-23(31)3/h8-19H,20H2,1-7H3,(H,34,37)/b33-19-. The Labute approximate surface area is 237 Å². The normalized spacial score (nSPS) is 11.7. The molecule has 3 aromatic carbocycles. The van der Waals surface area contributed by atoms with Crippen molar-refractivity contribution in [2.24, 2.45) is 5.10 Å². The van der Waals surface area contributed by atoms with Crippen molar-refractivity contribution in [3.63, 3.8) is 0 Å². The van der Waals surface area contributed by atoms with Crippen LogP contribution < -0.4 is 9.73 Å². The number of hydrogen-bond acceptors (Lipinski definition) is 4. The van der Waals surface area contributed by atoms with Crippen molar-refractivity contribution >= 4 is 27.8 Å². The number of benzene rings is 3. The van der Waals surface area contributed by atoms with E-state index in [4.69, 9.17) is 0 Å². The highest BCUT2D eigenvalue weighted by Crippen LogP contribution is 2.26. The van der Waals surface area contributed by atoms with Crippen LogP contribution in [-0.4, -0.2) is 31.4 Å². The van der Waals surface area contributed by atoms with Gasteiger partial charge in [-0.15, -0.1) is 0 Å². The van der Waals surface area contributed by atoms with E-state index in [-0.39, 0.29) is 12.5 Å². The maximum atomic E-state index is 12.8. The van der Waals surface area contributed by atoms with Crippen LogP contribution in [0.15, 0.2) is 71.8 Å². The first-order valence-corrected chi connectivity index (χ1v) is 14.9. The van der Waals surface area contributed by atoms with E-state index in [9.17, 15) is 13.2 Å². The molecule has 1 amide bonds. The van der Waals surface area contributed by atoms with E-state index in [0.29, 0.717) is 11.3 Å². The van der Waals surface area contributed by atoms with Gasteiger partial charge >= 0.3 is 0 Å². The van der Waals surface area contributed by atoms with Gasteiger partial charge in [-0.3, -0.25) is 9.10 Å². The molecule has 0 fully saturated rings. The van der Waals surface area contributed by atoms with Gasteiger partial charge in [0.15, 0.2) is 0 Å². The predicted molar refractivity (Wildman–Crippen MR) is 163 cm³/mol. The summed E-state index contributed by atoms with van der Waals surface area (Å²) in [6.07, 6.45) is 2.86. The zero-order chi connectivity index (χ0) is 29.2. The van der Waals surface area contributed by atoms with Gasteiger partial charge in [0.2, 0.25) is 10.0 Å². The molecule has 0 radical (unpaired) electrons. The Bertz CT molecular complexity index is 1680. The highest BCUT2D eigenvalue weighted by atomic mass is 32.2. The second-order valence-electron chi connectivity index (χ2n) is 10.3. The first-order chi connectivity index (χ1) is 18.9. The van der Waals surface area contributed by atoms with E-state index in [2.05, 4.69) is 60.1 Å². The SMILES string of the molecule is Cc1ccc(N(Cc2ccc(C(=O)N/N=C\c3cc(C)n(-c4c(C)cccc4C)c3C)cc2)S(C)(=O)=O)cc1C. The second-order valence-corrected chi connectivity index (χ2v) is 12.2. The van der Waals surface area contributed by atoms with Crippen LogP contribution >= 0.6 is 0 Å². The maximum Gasteiger partial charge on any atom is 0.271 e. The Morgan fingerprint density at radius 3 is 2.12 bits per heavy atom. The number of para-hydroxylation sites is 1. The molecule has 0 bridgehead atoms. The highest BCUT2D eigenvalue weighted by Gasteiger charge is 2.19. The molecule has 0 aliphatic heterocycles. The Morgan fingerprint density at radius 2 is 1.52 bits per heavy atom. The molecule has 208 valence electrons. The molecule has 1 heterocycles. The fraction of sp³-hybridized carbons (Fsp3) is 0.250. The monoisotopic (exact) mass is 556 g/mol. The van der Waals surface area contributed by atoms with Crippen molar-refractivity contribution in [1.29, 1.82) is 0 Å². The molecule has 0 spiro atoms. The summed E-state index contributed by atoms with van der Waals surface area (Å²) >= 11 is 0. The van der Waals surface area contributed by atoms with Gasteiger partial charge in [-0.25, -0.2) is 13.8 Å². The molecule has 1 N–H and O–H groups in total. The van der Waals surface area contributed by atoms with Crippen LogP contribution in [0.2, 0.25) is 0 Å². The number of carbonyl (C=O) groups excluding carboxylic acids is 1. The van der Waals surface area contributed by atoms with Crippen LogP contribution in [0.1, 0.15) is 55.1 Å². The second kappa shape index (κ2) is 11.5. The van der Waals surface area contributed by atoms with Crippen LogP contribution in [0.25, 0.3) is 5.69 Å². The van der Waals surface area contributed by atoms with E-state index in [1.54, 1.807) is 30.5 Å². The molecular weight excluding hydrogens is 520 g/mol. The Balaban J connectivity index is 1.46. The molecule has 0 saturated carbocycles. The van der Waals surface area contributed by atoms with Crippen molar-refractivity contribution in [1.82, 2.24) is 9.99 Å². The first kappa shape index (κ1) is 28.8. The van der Waals surface area contributed by atoms with Gasteiger partial charge in [-0.2, -0.15) is 5.10 Å². The van der Waals surface area contributed by atoms with E-state index < -0.39 is 10.0 Å². The fourth-order valence-electron chi connectivity index (χ4n) is 4.85. The number of anilines is 1. The highest BCUT2D eigenvalue weighted by molar-refractivity contribution is 7.92. The van der Waals surface area contributed by atoms with Crippen LogP contribution in [-0.2, 0) is 16.6 Å². The number of amides is 1. The Hall–Kier alpha value is -4.17. The van der Waals surface area contributed by atoms with E-state index in [0.717, 1.165) is 39.3 Å². The van der Waals surface area contributed by atoms with Crippen LogP contribution in [0.4, 0.5) is 5.69 Å². The van der Waals surface area contributed by atoms with Crippen molar-refractivity contribution in [2.45, 2.75) is 48.1 Å². The molecular formula is C32H36N4O3S. The van der Waals surface area contributed by atoms with Crippen molar-refractivity contribution < 1.29 is 13.2 Å². The van der Waals surface area contributed by atoms with Crippen molar-refractivity contribution in [3.05, 3.63) is 117 Å². The van der Waals surface area contributed by atoms with Gasteiger partial charge in [0.25, 0.3) is 5.91 Å². The summed E-state index contributed by atoms with van der Waals surface area (Å²) in [5.41, 5.74) is 13.1. The number of rotatable bonds is 8. The van der Waals surface area contributed by atoms with Crippen molar-refractivity contribution in [2.75, 3.05) is 10.6 Å². The lowest BCUT2D eigenvalue weighted by atomic mass is 10.1. The molecule has 1 aromatic heterocycles. The third-order valence-corrected chi connectivity index (χ3v) is 8.36. The lowest BCUT2D eigenvalue weighted by Crippen LogP contribution is -2.29. The number of carbonyl (C=O) groups is 1. The fourth-order valence-corrected chi connectivity index (χ4v) is 5.73. The molecule has 0 unspecified atom stereocenters. The quantitative estimate of drug-likeness (QED) is 0.212. The molecule has 4 rings (SSSR count). The third kappa shape index (κ3) is 6.18. The average molecular weight is 557 g/mol. The average Bonchev–Trinajstić information content (AvgIpc) is 3.16. The number of hydrazone groups is 1. The lowest BCUT2D eigenvalue weighted by molar-refractivity contribution is 0.0955. The van der Waals surface area contributed by atoms with E-state index >= 15 is 0 Å². The summed E-state index contributed by atoms with van der Waals surface area (Å²) in [4.78, 5) is 12.8. The molecule has 4 aromatic rings. The summed E-state index contributed by atoms with van der Waals surface area (Å²) in [7, 11) is -3.51. The smallest absolute Gasteiger partial charge is 0.271 e. The number of hydrogen-bond donors (Lipinski definition) is 1. The minimum Gasteiger partial charge on any atom is -0.317 e. The molecule has 7 nitrogen and oxygen atoms in total. The number of sulfonamides is 1. The zero-order valence-corrected chi connectivity index (χ0v) is 24.9. The molecule has 40 heavy (non-hydrogen) atoms. The van der Waals surface area contributed by atoms with Crippen LogP contribution in [0.5, 0.6) is 0 Å². The minimum atomic E-state index is -3.51. The molecule has 0 atom stereocenters. The third-order valence-electron chi connectivity index (χ3n) is 7.22. The first-order valence-electron chi connectivity index (χ1n) is 13.1. The lowest BCUT2D eigenvalue weighted by Gasteiger charge is -2.23. The van der Waals surface area contributed by atoms with Gasteiger partial charge in [0.1, 0.15) is 0 Å². The van der Waals surface area contributed by atoms with Gasteiger partial charge in [0.05, 0.1) is 30.4 Å². The van der Waals surface area contributed by atoms with Gasteiger partial charge in [0, 0.05) is 22.5 Å².